The quantitative estimate of drug-likeness (QED) is 0.493. The van der Waals surface area contributed by atoms with Crippen LogP contribution in [0.25, 0.3) is 5.82 Å². The summed E-state index contributed by atoms with van der Waals surface area (Å²) in [6, 6.07) is 12.0. The largest absolute Gasteiger partial charge is 0.495 e. The van der Waals surface area contributed by atoms with Gasteiger partial charge in [0.15, 0.2) is 5.82 Å². The van der Waals surface area contributed by atoms with Crippen molar-refractivity contribution in [1.82, 2.24) is 28.8 Å². The van der Waals surface area contributed by atoms with Crippen molar-refractivity contribution < 1.29 is 8.95 Å². The molecule has 0 radical (unpaired) electrons. The Morgan fingerprint density at radius 3 is 2.52 bits per heavy atom. The van der Waals surface area contributed by atoms with Gasteiger partial charge in [0.1, 0.15) is 27.5 Å². The van der Waals surface area contributed by atoms with Gasteiger partial charge in [0.2, 0.25) is 0 Å². The summed E-state index contributed by atoms with van der Waals surface area (Å²) in [6.45, 7) is 2.87. The molecule has 1 atom stereocenters. The fourth-order valence-electron chi connectivity index (χ4n) is 3.15. The van der Waals surface area contributed by atoms with Gasteiger partial charge in [-0.15, -0.1) is 0 Å². The van der Waals surface area contributed by atoms with Crippen LogP contribution in [0.3, 0.4) is 0 Å². The van der Waals surface area contributed by atoms with Crippen molar-refractivity contribution in [3.05, 3.63) is 90.7 Å². The number of methoxy groups -OCH3 is 1. The molecule has 0 bridgehead atoms. The van der Waals surface area contributed by atoms with E-state index in [0.717, 1.165) is 11.5 Å². The third-order valence-corrected chi connectivity index (χ3v) is 6.08. The van der Waals surface area contributed by atoms with Crippen molar-refractivity contribution in [2.45, 2.75) is 24.9 Å². The SMILES string of the molecule is COc1ccncc1S(=O)N1Cc2nccnc2-n2ccnc2C1.Cc1ccccc1. The lowest BCUT2D eigenvalue weighted by Crippen LogP contribution is -2.25. The molecule has 1 aromatic carbocycles. The lowest BCUT2D eigenvalue weighted by Gasteiger charge is -2.19. The lowest BCUT2D eigenvalue weighted by molar-refractivity contribution is 0.394. The maximum atomic E-state index is 13.1. The van der Waals surface area contributed by atoms with Crippen LogP contribution in [0.5, 0.6) is 5.75 Å². The summed E-state index contributed by atoms with van der Waals surface area (Å²) in [6.07, 6.45) is 9.97. The first kappa shape index (κ1) is 20.8. The van der Waals surface area contributed by atoms with Crippen molar-refractivity contribution >= 4 is 11.0 Å². The van der Waals surface area contributed by atoms with Gasteiger partial charge < -0.3 is 4.74 Å². The molecule has 0 amide bonds. The molecule has 31 heavy (non-hydrogen) atoms. The number of benzene rings is 1. The van der Waals surface area contributed by atoms with Crippen LogP contribution >= 0.6 is 0 Å². The number of fused-ring (bicyclic) bond motifs is 3. The van der Waals surface area contributed by atoms with E-state index in [-0.39, 0.29) is 0 Å². The molecule has 1 aliphatic rings. The molecule has 0 aliphatic carbocycles. The molecule has 4 aromatic rings. The second-order valence-corrected chi connectivity index (χ2v) is 8.22. The molecule has 0 N–H and O–H groups in total. The summed E-state index contributed by atoms with van der Waals surface area (Å²) < 4.78 is 22.1. The van der Waals surface area contributed by atoms with Gasteiger partial charge in [-0.1, -0.05) is 35.9 Å². The van der Waals surface area contributed by atoms with Crippen LogP contribution in [-0.4, -0.2) is 40.1 Å². The Morgan fingerprint density at radius 2 is 1.77 bits per heavy atom. The van der Waals surface area contributed by atoms with Crippen molar-refractivity contribution in [3.8, 4) is 11.6 Å². The Balaban J connectivity index is 0.000000282. The van der Waals surface area contributed by atoms with E-state index in [9.17, 15) is 4.21 Å². The van der Waals surface area contributed by atoms with E-state index in [0.29, 0.717) is 29.6 Å². The minimum atomic E-state index is -1.47. The van der Waals surface area contributed by atoms with Crippen LogP contribution < -0.4 is 4.74 Å². The van der Waals surface area contributed by atoms with E-state index < -0.39 is 11.0 Å². The summed E-state index contributed by atoms with van der Waals surface area (Å²) in [5.41, 5.74) is 2.06. The standard InChI is InChI=1S/C15H14N6O2S.C7H8/c1-23-12-2-3-16-8-13(12)24(22)20-9-11-15(19-5-4-17-11)21-7-6-18-14(21)10-20;1-7-5-3-2-4-6-7/h2-8H,9-10H2,1H3;2-6H,1H3. The van der Waals surface area contributed by atoms with Gasteiger partial charge in [-0.25, -0.2) is 18.5 Å². The summed E-state index contributed by atoms with van der Waals surface area (Å²) in [4.78, 5) is 17.7. The van der Waals surface area contributed by atoms with Crippen LogP contribution in [0.4, 0.5) is 0 Å². The molecule has 158 valence electrons. The first-order chi connectivity index (χ1) is 15.2. The Kier molecular flexibility index (Phi) is 6.44. The highest BCUT2D eigenvalue weighted by molar-refractivity contribution is 7.82. The highest BCUT2D eigenvalue weighted by Crippen LogP contribution is 2.27. The average Bonchev–Trinajstić information content (AvgIpc) is 3.21. The highest BCUT2D eigenvalue weighted by Gasteiger charge is 2.27. The molecule has 9 heteroatoms. The summed E-state index contributed by atoms with van der Waals surface area (Å²) in [5.74, 6) is 2.00. The van der Waals surface area contributed by atoms with E-state index in [1.165, 1.54) is 5.56 Å². The monoisotopic (exact) mass is 434 g/mol. The topological polar surface area (TPSA) is 86.0 Å². The van der Waals surface area contributed by atoms with Gasteiger partial charge in [-0.3, -0.25) is 14.5 Å². The van der Waals surface area contributed by atoms with E-state index in [2.05, 4.69) is 39.0 Å². The van der Waals surface area contributed by atoms with Crippen LogP contribution in [-0.2, 0) is 24.1 Å². The fourth-order valence-corrected chi connectivity index (χ4v) is 4.38. The van der Waals surface area contributed by atoms with Gasteiger partial charge in [0.05, 0.1) is 25.9 Å². The molecular weight excluding hydrogens is 412 g/mol. The molecule has 1 unspecified atom stereocenters. The van der Waals surface area contributed by atoms with Gasteiger partial charge in [-0.05, 0) is 13.0 Å². The predicted molar refractivity (Wildman–Crippen MR) is 117 cm³/mol. The molecule has 0 saturated carbocycles. The average molecular weight is 435 g/mol. The zero-order chi connectivity index (χ0) is 21.6. The summed E-state index contributed by atoms with van der Waals surface area (Å²) >= 11 is 0. The summed E-state index contributed by atoms with van der Waals surface area (Å²) in [5, 5.41) is 0. The van der Waals surface area contributed by atoms with Gasteiger partial charge in [0.25, 0.3) is 0 Å². The highest BCUT2D eigenvalue weighted by atomic mass is 32.2. The second kappa shape index (κ2) is 9.59. The Bertz CT molecular complexity index is 1180. The fraction of sp³-hybridized carbons (Fsp3) is 0.182. The van der Waals surface area contributed by atoms with E-state index in [1.54, 1.807) is 48.5 Å². The van der Waals surface area contributed by atoms with E-state index >= 15 is 0 Å². The van der Waals surface area contributed by atoms with E-state index in [1.807, 2.05) is 29.0 Å². The molecule has 1 aliphatic heterocycles. The number of nitrogens with zero attached hydrogens (tertiary/aromatic N) is 6. The second-order valence-electron chi connectivity index (χ2n) is 6.77. The Labute approximate surface area is 183 Å². The number of hydrogen-bond donors (Lipinski definition) is 0. The first-order valence-corrected chi connectivity index (χ1v) is 10.8. The van der Waals surface area contributed by atoms with Crippen LogP contribution in [0.1, 0.15) is 17.1 Å². The third kappa shape index (κ3) is 4.68. The van der Waals surface area contributed by atoms with Crippen molar-refractivity contribution in [1.29, 1.82) is 0 Å². The third-order valence-electron chi connectivity index (χ3n) is 4.67. The minimum absolute atomic E-state index is 0.386. The number of aryl methyl sites for hydroxylation is 1. The maximum Gasteiger partial charge on any atom is 0.161 e. The number of rotatable bonds is 3. The molecule has 5 rings (SSSR count). The number of pyridine rings is 1. The summed E-state index contributed by atoms with van der Waals surface area (Å²) in [7, 11) is 0.0812. The van der Waals surface area contributed by atoms with Crippen molar-refractivity contribution in [3.63, 3.8) is 0 Å². The molecule has 4 heterocycles. The molecular formula is C22H22N6O2S. The smallest absolute Gasteiger partial charge is 0.161 e. The normalized spacial score (nSPS) is 13.7. The molecule has 0 saturated heterocycles. The number of hydrogen-bond acceptors (Lipinski definition) is 6. The van der Waals surface area contributed by atoms with Gasteiger partial charge in [0, 0.05) is 37.2 Å². The minimum Gasteiger partial charge on any atom is -0.495 e. The van der Waals surface area contributed by atoms with Crippen LogP contribution in [0.15, 0.2) is 78.5 Å². The lowest BCUT2D eigenvalue weighted by atomic mass is 10.2. The predicted octanol–water partition coefficient (Wildman–Crippen LogP) is 3.10. The zero-order valence-corrected chi connectivity index (χ0v) is 18.1. The number of aromatic nitrogens is 5. The first-order valence-electron chi connectivity index (χ1n) is 9.66. The van der Waals surface area contributed by atoms with Crippen molar-refractivity contribution in [2.24, 2.45) is 0 Å². The maximum absolute atomic E-state index is 13.1. The van der Waals surface area contributed by atoms with Crippen LogP contribution in [0.2, 0.25) is 0 Å². The molecule has 0 fully saturated rings. The zero-order valence-electron chi connectivity index (χ0n) is 17.3. The molecule has 3 aromatic heterocycles. The number of imidazole rings is 1. The van der Waals surface area contributed by atoms with Gasteiger partial charge >= 0.3 is 0 Å². The Morgan fingerprint density at radius 1 is 0.968 bits per heavy atom. The molecule has 0 spiro atoms. The van der Waals surface area contributed by atoms with E-state index in [4.69, 9.17) is 4.74 Å². The van der Waals surface area contributed by atoms with Crippen LogP contribution in [0, 0.1) is 6.92 Å². The van der Waals surface area contributed by atoms with Crippen molar-refractivity contribution in [2.75, 3.05) is 7.11 Å². The van der Waals surface area contributed by atoms with Gasteiger partial charge in [-0.2, -0.15) is 0 Å². The Hall–Kier alpha value is -3.43. The molecule has 8 nitrogen and oxygen atoms in total. The number of ether oxygens (including phenoxy) is 1.